The van der Waals surface area contributed by atoms with Gasteiger partial charge in [-0.15, -0.1) is 10.2 Å². The number of hydrogen-bond acceptors (Lipinski definition) is 5. The number of amides is 1. The highest BCUT2D eigenvalue weighted by atomic mass is 16.6. The number of fused-ring (bicyclic) bond motifs is 1. The first kappa shape index (κ1) is 15.9. The summed E-state index contributed by atoms with van der Waals surface area (Å²) in [5.41, 5.74) is 0. The molecule has 0 spiro atoms. The minimum absolute atomic E-state index is 0.0196. The van der Waals surface area contributed by atoms with Gasteiger partial charge in [0.15, 0.2) is 11.5 Å². The summed E-state index contributed by atoms with van der Waals surface area (Å²) < 4.78 is 13.8. The summed E-state index contributed by atoms with van der Waals surface area (Å²) in [6.45, 7) is 3.25. The lowest BCUT2D eigenvalue weighted by atomic mass is 9.96. The molecule has 2 aliphatic heterocycles. The largest absolute Gasteiger partial charge is 0.482 e. The fourth-order valence-electron chi connectivity index (χ4n) is 3.62. The van der Waals surface area contributed by atoms with E-state index in [1.165, 1.54) is 0 Å². The molecular formula is C18H22N4O3. The molecule has 132 valence electrons. The van der Waals surface area contributed by atoms with Crippen molar-refractivity contribution in [2.45, 2.75) is 37.9 Å². The maximum Gasteiger partial charge on any atom is 0.267 e. The number of ether oxygens (including phenoxy) is 2. The van der Waals surface area contributed by atoms with Crippen molar-refractivity contribution in [3.63, 3.8) is 0 Å². The first-order valence-corrected chi connectivity index (χ1v) is 8.68. The fraction of sp³-hybridized carbons (Fsp3) is 0.500. The zero-order valence-electron chi connectivity index (χ0n) is 14.5. The maximum absolute atomic E-state index is 13.1. The predicted molar refractivity (Wildman–Crippen MR) is 90.5 cm³/mol. The van der Waals surface area contributed by atoms with E-state index in [1.807, 2.05) is 47.7 Å². The van der Waals surface area contributed by atoms with E-state index in [9.17, 15) is 4.79 Å². The van der Waals surface area contributed by atoms with E-state index in [4.69, 9.17) is 9.47 Å². The van der Waals surface area contributed by atoms with E-state index < -0.39 is 6.10 Å². The Kier molecular flexibility index (Phi) is 4.07. The fourth-order valence-corrected chi connectivity index (χ4v) is 3.62. The molecule has 25 heavy (non-hydrogen) atoms. The molecule has 7 nitrogen and oxygen atoms in total. The van der Waals surface area contributed by atoms with Crippen molar-refractivity contribution in [1.82, 2.24) is 19.7 Å². The molecule has 0 unspecified atom stereocenters. The first-order chi connectivity index (χ1) is 12.1. The molecule has 1 aromatic carbocycles. The lowest BCUT2D eigenvalue weighted by molar-refractivity contribution is -0.145. The van der Waals surface area contributed by atoms with Crippen LogP contribution >= 0.6 is 0 Å². The molecule has 1 aromatic heterocycles. The van der Waals surface area contributed by atoms with Crippen molar-refractivity contribution < 1.29 is 14.3 Å². The molecule has 1 amide bonds. The molecule has 1 saturated heterocycles. The van der Waals surface area contributed by atoms with Gasteiger partial charge in [-0.3, -0.25) is 4.79 Å². The molecular weight excluding hydrogens is 320 g/mol. The Morgan fingerprint density at radius 1 is 1.24 bits per heavy atom. The molecule has 0 aliphatic carbocycles. The predicted octanol–water partition coefficient (Wildman–Crippen LogP) is 1.75. The highest BCUT2D eigenvalue weighted by molar-refractivity contribution is 5.82. The third-order valence-corrected chi connectivity index (χ3v) is 4.93. The molecule has 7 heteroatoms. The van der Waals surface area contributed by atoms with Gasteiger partial charge in [-0.1, -0.05) is 12.1 Å². The number of aromatic nitrogens is 3. The summed E-state index contributed by atoms with van der Waals surface area (Å²) in [5.74, 6) is 2.43. The van der Waals surface area contributed by atoms with Crippen molar-refractivity contribution in [1.29, 1.82) is 0 Å². The van der Waals surface area contributed by atoms with E-state index in [1.54, 1.807) is 6.33 Å². The van der Waals surface area contributed by atoms with E-state index in [2.05, 4.69) is 10.2 Å². The zero-order chi connectivity index (χ0) is 17.4. The summed E-state index contributed by atoms with van der Waals surface area (Å²) in [6, 6.07) is 7.47. The topological polar surface area (TPSA) is 69.5 Å². The number of carbonyl (C=O) groups is 1. The van der Waals surface area contributed by atoms with Gasteiger partial charge in [0.1, 0.15) is 18.3 Å². The lowest BCUT2D eigenvalue weighted by Crippen LogP contribution is -2.52. The van der Waals surface area contributed by atoms with E-state index in [-0.39, 0.29) is 17.9 Å². The standard InChI is InChI=1S/C18H22N4O3/c1-12-16(25-15-8-4-3-7-14(15)24-12)18(23)22-9-5-6-13(10-22)17-20-19-11-21(17)2/h3-4,7-8,11-13,16H,5-6,9-10H2,1-2H3/t12-,13+,16-/m0/s1. The van der Waals surface area contributed by atoms with Crippen molar-refractivity contribution in [3.05, 3.63) is 36.4 Å². The quantitative estimate of drug-likeness (QED) is 0.832. The van der Waals surface area contributed by atoms with Crippen LogP contribution in [0.5, 0.6) is 11.5 Å². The van der Waals surface area contributed by atoms with Gasteiger partial charge in [0.25, 0.3) is 5.91 Å². The van der Waals surface area contributed by atoms with Crippen molar-refractivity contribution in [2.75, 3.05) is 13.1 Å². The monoisotopic (exact) mass is 342 g/mol. The second-order valence-electron chi connectivity index (χ2n) is 6.73. The van der Waals surface area contributed by atoms with Gasteiger partial charge in [0.05, 0.1) is 0 Å². The second-order valence-corrected chi connectivity index (χ2v) is 6.73. The van der Waals surface area contributed by atoms with Crippen molar-refractivity contribution in [3.8, 4) is 11.5 Å². The number of likely N-dealkylation sites (tertiary alicyclic amines) is 1. The van der Waals surface area contributed by atoms with Gasteiger partial charge in [-0.05, 0) is 31.9 Å². The lowest BCUT2D eigenvalue weighted by Gasteiger charge is -2.37. The van der Waals surface area contributed by atoms with Crippen LogP contribution in [0.25, 0.3) is 0 Å². The maximum atomic E-state index is 13.1. The normalized spacial score (nSPS) is 25.7. The summed E-state index contributed by atoms with van der Waals surface area (Å²) in [7, 11) is 1.94. The van der Waals surface area contributed by atoms with Crippen LogP contribution in [0.15, 0.2) is 30.6 Å². The Balaban J connectivity index is 1.50. The number of benzene rings is 1. The van der Waals surface area contributed by atoms with Gasteiger partial charge < -0.3 is 18.9 Å². The molecule has 0 bridgehead atoms. The minimum atomic E-state index is -0.617. The SMILES string of the molecule is C[C@@H]1Oc2ccccc2O[C@@H]1C(=O)N1CCC[C@@H](c2nncn2C)C1. The Morgan fingerprint density at radius 3 is 2.72 bits per heavy atom. The summed E-state index contributed by atoms with van der Waals surface area (Å²) in [6.07, 6.45) is 2.72. The number of rotatable bonds is 2. The highest BCUT2D eigenvalue weighted by Gasteiger charge is 2.38. The smallest absolute Gasteiger partial charge is 0.267 e. The van der Waals surface area contributed by atoms with Crippen molar-refractivity contribution in [2.24, 2.45) is 7.05 Å². The molecule has 4 rings (SSSR count). The molecule has 3 atom stereocenters. The first-order valence-electron chi connectivity index (χ1n) is 8.68. The molecule has 0 saturated carbocycles. The number of para-hydroxylation sites is 2. The van der Waals surface area contributed by atoms with Crippen molar-refractivity contribution >= 4 is 5.91 Å². The Labute approximate surface area is 146 Å². The molecule has 2 aromatic rings. The molecule has 2 aliphatic rings. The van der Waals surface area contributed by atoms with Gasteiger partial charge in [-0.25, -0.2) is 0 Å². The Bertz CT molecular complexity index is 775. The van der Waals surface area contributed by atoms with Crippen LogP contribution in [0, 0.1) is 0 Å². The summed E-state index contributed by atoms with van der Waals surface area (Å²) in [4.78, 5) is 14.9. The zero-order valence-corrected chi connectivity index (χ0v) is 14.5. The van der Waals surface area contributed by atoms with Gasteiger partial charge in [0, 0.05) is 26.1 Å². The second kappa shape index (κ2) is 6.38. The number of hydrogen-bond donors (Lipinski definition) is 0. The summed E-state index contributed by atoms with van der Waals surface area (Å²) >= 11 is 0. The van der Waals surface area contributed by atoms with Crippen LogP contribution in [0.3, 0.4) is 0 Å². The Hall–Kier alpha value is -2.57. The van der Waals surface area contributed by atoms with E-state index >= 15 is 0 Å². The Morgan fingerprint density at radius 2 is 2.00 bits per heavy atom. The minimum Gasteiger partial charge on any atom is -0.482 e. The van der Waals surface area contributed by atoms with Gasteiger partial charge >= 0.3 is 0 Å². The number of aryl methyl sites for hydroxylation is 1. The molecule has 0 N–H and O–H groups in total. The van der Waals surface area contributed by atoms with Crippen LogP contribution in [0.4, 0.5) is 0 Å². The average molecular weight is 342 g/mol. The number of carbonyl (C=O) groups excluding carboxylic acids is 1. The average Bonchev–Trinajstić information content (AvgIpc) is 3.06. The van der Waals surface area contributed by atoms with Crippen LogP contribution in [0.1, 0.15) is 31.5 Å². The van der Waals surface area contributed by atoms with E-state index in [0.717, 1.165) is 25.2 Å². The van der Waals surface area contributed by atoms with Gasteiger partial charge in [0.2, 0.25) is 6.10 Å². The highest BCUT2D eigenvalue weighted by Crippen LogP contribution is 2.34. The molecule has 0 radical (unpaired) electrons. The number of nitrogens with zero attached hydrogens (tertiary/aromatic N) is 4. The van der Waals surface area contributed by atoms with E-state index in [0.29, 0.717) is 18.0 Å². The summed E-state index contributed by atoms with van der Waals surface area (Å²) in [5, 5.41) is 8.17. The number of piperidine rings is 1. The van der Waals surface area contributed by atoms with Crippen LogP contribution in [0.2, 0.25) is 0 Å². The third kappa shape index (κ3) is 2.94. The van der Waals surface area contributed by atoms with Crippen LogP contribution in [-0.4, -0.2) is 50.9 Å². The van der Waals surface area contributed by atoms with Crippen LogP contribution < -0.4 is 9.47 Å². The van der Waals surface area contributed by atoms with Gasteiger partial charge in [-0.2, -0.15) is 0 Å². The van der Waals surface area contributed by atoms with Crippen LogP contribution in [-0.2, 0) is 11.8 Å². The molecule has 1 fully saturated rings. The molecule has 3 heterocycles. The third-order valence-electron chi connectivity index (χ3n) is 4.93.